The quantitative estimate of drug-likeness (QED) is 0.678. The van der Waals surface area contributed by atoms with Gasteiger partial charge in [-0.2, -0.15) is 0 Å². The molecule has 1 rings (SSSR count). The summed E-state index contributed by atoms with van der Waals surface area (Å²) in [6.07, 6.45) is 1.05. The van der Waals surface area contributed by atoms with Crippen LogP contribution in [0.3, 0.4) is 0 Å². The van der Waals surface area contributed by atoms with Crippen molar-refractivity contribution < 1.29 is 9.53 Å². The third kappa shape index (κ3) is 4.62. The maximum atomic E-state index is 11.5. The van der Waals surface area contributed by atoms with E-state index in [0.29, 0.717) is 0 Å². The van der Waals surface area contributed by atoms with Gasteiger partial charge in [0.1, 0.15) is 5.60 Å². The smallest absolute Gasteiger partial charge is 0.320 e. The second-order valence-corrected chi connectivity index (χ2v) is 5.43. The molecule has 2 N–H and O–H groups in total. The number of carbonyl (C=O) groups is 1. The SMILES string of the molecule is CC(C)(C)OC(=O)CN[C@]1(C)CCNC1. The van der Waals surface area contributed by atoms with Gasteiger partial charge in [0, 0.05) is 12.1 Å². The van der Waals surface area contributed by atoms with E-state index in [9.17, 15) is 4.79 Å². The molecule has 4 heteroatoms. The first-order chi connectivity index (χ1) is 6.81. The van der Waals surface area contributed by atoms with Crippen LogP contribution in [0.4, 0.5) is 0 Å². The van der Waals surface area contributed by atoms with E-state index < -0.39 is 5.60 Å². The van der Waals surface area contributed by atoms with Crippen LogP contribution in [-0.2, 0) is 9.53 Å². The summed E-state index contributed by atoms with van der Waals surface area (Å²) in [4.78, 5) is 11.5. The minimum absolute atomic E-state index is 0.0386. The molecule has 88 valence electrons. The standard InChI is InChI=1S/C11H22N2O2/c1-10(2,3)15-9(14)7-13-11(4)5-6-12-8-11/h12-13H,5-8H2,1-4H3/t11-/m1/s1. The molecule has 1 aliphatic rings. The summed E-state index contributed by atoms with van der Waals surface area (Å²) in [6, 6.07) is 0. The van der Waals surface area contributed by atoms with Gasteiger partial charge in [0.15, 0.2) is 0 Å². The average molecular weight is 214 g/mol. The van der Waals surface area contributed by atoms with Crippen LogP contribution < -0.4 is 10.6 Å². The molecule has 0 aromatic carbocycles. The maximum absolute atomic E-state index is 11.5. The molecule has 1 atom stereocenters. The largest absolute Gasteiger partial charge is 0.459 e. The monoisotopic (exact) mass is 214 g/mol. The predicted molar refractivity (Wildman–Crippen MR) is 59.7 cm³/mol. The molecule has 0 aliphatic carbocycles. The van der Waals surface area contributed by atoms with Gasteiger partial charge in [-0.15, -0.1) is 0 Å². The molecule has 15 heavy (non-hydrogen) atoms. The Morgan fingerprint density at radius 1 is 1.53 bits per heavy atom. The van der Waals surface area contributed by atoms with Crippen LogP contribution in [0.2, 0.25) is 0 Å². The molecule has 0 aromatic rings. The Morgan fingerprint density at radius 3 is 2.67 bits per heavy atom. The zero-order valence-corrected chi connectivity index (χ0v) is 10.1. The van der Waals surface area contributed by atoms with Crippen LogP contribution in [-0.4, -0.2) is 36.7 Å². The van der Waals surface area contributed by atoms with Crippen molar-refractivity contribution in [1.82, 2.24) is 10.6 Å². The molecule has 0 saturated carbocycles. The summed E-state index contributed by atoms with van der Waals surface area (Å²) >= 11 is 0. The summed E-state index contributed by atoms with van der Waals surface area (Å²) in [5, 5.41) is 6.51. The van der Waals surface area contributed by atoms with E-state index in [1.807, 2.05) is 20.8 Å². The van der Waals surface area contributed by atoms with E-state index in [4.69, 9.17) is 4.74 Å². The molecule has 0 spiro atoms. The van der Waals surface area contributed by atoms with Gasteiger partial charge in [0.25, 0.3) is 0 Å². The van der Waals surface area contributed by atoms with Gasteiger partial charge in [-0.1, -0.05) is 0 Å². The van der Waals surface area contributed by atoms with Crippen molar-refractivity contribution in [3.63, 3.8) is 0 Å². The summed E-state index contributed by atoms with van der Waals surface area (Å²) in [5.74, 6) is -0.185. The Balaban J connectivity index is 2.28. The first-order valence-electron chi connectivity index (χ1n) is 5.48. The highest BCUT2D eigenvalue weighted by molar-refractivity contribution is 5.72. The fourth-order valence-corrected chi connectivity index (χ4v) is 1.63. The Labute approximate surface area is 91.8 Å². The van der Waals surface area contributed by atoms with E-state index >= 15 is 0 Å². The molecule has 0 aromatic heterocycles. The van der Waals surface area contributed by atoms with E-state index in [0.717, 1.165) is 19.5 Å². The molecule has 4 nitrogen and oxygen atoms in total. The van der Waals surface area contributed by atoms with Gasteiger partial charge in [-0.25, -0.2) is 0 Å². The van der Waals surface area contributed by atoms with Gasteiger partial charge >= 0.3 is 5.97 Å². The molecule has 1 saturated heterocycles. The molecule has 0 amide bonds. The second kappa shape index (κ2) is 4.49. The van der Waals surface area contributed by atoms with Gasteiger partial charge in [-0.3, -0.25) is 4.79 Å². The van der Waals surface area contributed by atoms with Gasteiger partial charge in [-0.05, 0) is 40.7 Å². The van der Waals surface area contributed by atoms with Crippen molar-refractivity contribution in [1.29, 1.82) is 0 Å². The molecular formula is C11H22N2O2. The van der Waals surface area contributed by atoms with Crippen molar-refractivity contribution in [2.45, 2.75) is 45.3 Å². The highest BCUT2D eigenvalue weighted by Gasteiger charge is 2.29. The number of ether oxygens (including phenoxy) is 1. The molecular weight excluding hydrogens is 192 g/mol. The number of rotatable bonds is 3. The summed E-state index contributed by atoms with van der Waals surface area (Å²) in [5.41, 5.74) is -0.357. The molecule has 0 bridgehead atoms. The molecule has 0 radical (unpaired) electrons. The normalized spacial score (nSPS) is 26.7. The summed E-state index contributed by atoms with van der Waals surface area (Å²) < 4.78 is 5.22. The van der Waals surface area contributed by atoms with Crippen molar-refractivity contribution in [2.75, 3.05) is 19.6 Å². The fraction of sp³-hybridized carbons (Fsp3) is 0.909. The number of esters is 1. The van der Waals surface area contributed by atoms with Crippen molar-refractivity contribution in [3.8, 4) is 0 Å². The molecule has 1 fully saturated rings. The minimum atomic E-state index is -0.395. The number of carbonyl (C=O) groups excluding carboxylic acids is 1. The van der Waals surface area contributed by atoms with Gasteiger partial charge in [0.05, 0.1) is 6.54 Å². The Bertz CT molecular complexity index is 227. The topological polar surface area (TPSA) is 50.4 Å². The lowest BCUT2D eigenvalue weighted by molar-refractivity contribution is -0.154. The lowest BCUT2D eigenvalue weighted by atomic mass is 10.0. The van der Waals surface area contributed by atoms with Gasteiger partial charge in [0.2, 0.25) is 0 Å². The zero-order chi connectivity index (χ0) is 11.5. The van der Waals surface area contributed by atoms with E-state index in [2.05, 4.69) is 17.6 Å². The maximum Gasteiger partial charge on any atom is 0.320 e. The molecule has 1 aliphatic heterocycles. The fourth-order valence-electron chi connectivity index (χ4n) is 1.63. The number of hydrogen-bond donors (Lipinski definition) is 2. The highest BCUT2D eigenvalue weighted by Crippen LogP contribution is 2.13. The molecule has 0 unspecified atom stereocenters. The third-order valence-corrected chi connectivity index (χ3v) is 2.45. The van der Waals surface area contributed by atoms with Crippen LogP contribution in [0.1, 0.15) is 34.1 Å². The van der Waals surface area contributed by atoms with E-state index in [-0.39, 0.29) is 18.1 Å². The number of nitrogens with one attached hydrogen (secondary N) is 2. The third-order valence-electron chi connectivity index (χ3n) is 2.45. The Morgan fingerprint density at radius 2 is 2.20 bits per heavy atom. The van der Waals surface area contributed by atoms with Gasteiger partial charge < -0.3 is 15.4 Å². The first kappa shape index (κ1) is 12.5. The van der Waals surface area contributed by atoms with Crippen LogP contribution >= 0.6 is 0 Å². The number of hydrogen-bond acceptors (Lipinski definition) is 4. The van der Waals surface area contributed by atoms with Crippen LogP contribution in [0, 0.1) is 0 Å². The van der Waals surface area contributed by atoms with Crippen LogP contribution in [0.15, 0.2) is 0 Å². The lowest BCUT2D eigenvalue weighted by Crippen LogP contribution is -2.47. The van der Waals surface area contributed by atoms with Crippen LogP contribution in [0.25, 0.3) is 0 Å². The van der Waals surface area contributed by atoms with Crippen LogP contribution in [0.5, 0.6) is 0 Å². The second-order valence-electron chi connectivity index (χ2n) is 5.43. The Kier molecular flexibility index (Phi) is 3.73. The zero-order valence-electron chi connectivity index (χ0n) is 10.1. The predicted octanol–water partition coefficient (Wildman–Crippen LogP) is 0.670. The highest BCUT2D eigenvalue weighted by atomic mass is 16.6. The van der Waals surface area contributed by atoms with Crippen molar-refractivity contribution >= 4 is 5.97 Å². The molecule has 1 heterocycles. The van der Waals surface area contributed by atoms with Crippen molar-refractivity contribution in [3.05, 3.63) is 0 Å². The Hall–Kier alpha value is -0.610. The lowest BCUT2D eigenvalue weighted by Gasteiger charge is -2.25. The summed E-state index contributed by atoms with van der Waals surface area (Å²) in [7, 11) is 0. The van der Waals surface area contributed by atoms with E-state index in [1.165, 1.54) is 0 Å². The van der Waals surface area contributed by atoms with E-state index in [1.54, 1.807) is 0 Å². The first-order valence-corrected chi connectivity index (χ1v) is 5.48. The van der Waals surface area contributed by atoms with Crippen molar-refractivity contribution in [2.24, 2.45) is 0 Å². The summed E-state index contributed by atoms with van der Waals surface area (Å²) in [6.45, 7) is 9.97. The minimum Gasteiger partial charge on any atom is -0.459 e. The average Bonchev–Trinajstić information content (AvgIpc) is 2.47.